The second-order valence-electron chi connectivity index (χ2n) is 1.85. The first-order valence-electron chi connectivity index (χ1n) is 3.33. The lowest BCUT2D eigenvalue weighted by Gasteiger charge is -2.04. The first-order chi connectivity index (χ1) is 5.22. The predicted octanol–water partition coefficient (Wildman–Crippen LogP) is 0.257. The molecule has 0 aromatic carbocycles. The largest absolute Gasteiger partial charge is 0.463 e. The van der Waals surface area contributed by atoms with Crippen LogP contribution in [0.15, 0.2) is 12.2 Å². The van der Waals surface area contributed by atoms with Crippen LogP contribution in [0.5, 0.6) is 0 Å². The zero-order chi connectivity index (χ0) is 8.69. The molecule has 0 bridgehead atoms. The summed E-state index contributed by atoms with van der Waals surface area (Å²) in [5, 5.41) is 0. The molecule has 64 valence electrons. The fraction of sp³-hybridized carbons (Fsp3) is 0.571. The molecule has 0 spiro atoms. The van der Waals surface area contributed by atoms with Crippen LogP contribution in [-0.4, -0.2) is 26.2 Å². The molecule has 1 N–H and O–H groups in total. The van der Waals surface area contributed by atoms with Gasteiger partial charge in [0, 0.05) is 5.57 Å². The molecule has 0 saturated heterocycles. The molecule has 0 fully saturated rings. The van der Waals surface area contributed by atoms with E-state index in [0.717, 1.165) is 0 Å². The summed E-state index contributed by atoms with van der Waals surface area (Å²) in [6.45, 7) is 5.89. The van der Waals surface area contributed by atoms with Crippen molar-refractivity contribution in [2.45, 2.75) is 6.92 Å². The maximum absolute atomic E-state index is 10.8. The van der Waals surface area contributed by atoms with E-state index in [0.29, 0.717) is 12.2 Å². The molecule has 0 amide bonds. The van der Waals surface area contributed by atoms with Crippen LogP contribution in [0.25, 0.3) is 0 Å². The van der Waals surface area contributed by atoms with E-state index >= 15 is 0 Å². The standard InChI is InChI=1S/C7H13NO3/c1-4-11-7(9)6(2)5-8-10-3/h8H,2,4-5H2,1,3H3. The van der Waals surface area contributed by atoms with Crippen LogP contribution in [0, 0.1) is 0 Å². The van der Waals surface area contributed by atoms with Crippen LogP contribution >= 0.6 is 0 Å². The number of nitrogens with one attached hydrogen (secondary N) is 1. The maximum atomic E-state index is 10.8. The Hall–Kier alpha value is -0.870. The molecule has 0 saturated carbocycles. The maximum Gasteiger partial charge on any atom is 0.334 e. The van der Waals surface area contributed by atoms with E-state index < -0.39 is 5.97 Å². The summed E-state index contributed by atoms with van der Waals surface area (Å²) in [5.74, 6) is -0.392. The van der Waals surface area contributed by atoms with Crippen molar-refractivity contribution in [3.8, 4) is 0 Å². The molecule has 0 atom stereocenters. The van der Waals surface area contributed by atoms with Gasteiger partial charge in [-0.2, -0.15) is 5.48 Å². The minimum Gasteiger partial charge on any atom is -0.463 e. The lowest BCUT2D eigenvalue weighted by molar-refractivity contribution is -0.138. The predicted molar refractivity (Wildman–Crippen MR) is 40.8 cm³/mol. The van der Waals surface area contributed by atoms with Gasteiger partial charge in [-0.15, -0.1) is 0 Å². The average molecular weight is 159 g/mol. The number of ether oxygens (including phenoxy) is 1. The zero-order valence-corrected chi connectivity index (χ0v) is 6.85. The van der Waals surface area contributed by atoms with E-state index in [1.54, 1.807) is 6.92 Å². The summed E-state index contributed by atoms with van der Waals surface area (Å²) < 4.78 is 4.67. The van der Waals surface area contributed by atoms with Crippen molar-refractivity contribution >= 4 is 5.97 Å². The van der Waals surface area contributed by atoms with Crippen molar-refractivity contribution in [3.05, 3.63) is 12.2 Å². The number of hydroxylamine groups is 1. The highest BCUT2D eigenvalue weighted by atomic mass is 16.6. The lowest BCUT2D eigenvalue weighted by Crippen LogP contribution is -2.20. The molecule has 0 radical (unpaired) electrons. The minimum atomic E-state index is -0.392. The Morgan fingerprint density at radius 3 is 2.73 bits per heavy atom. The molecule has 0 aromatic heterocycles. The molecule has 0 rings (SSSR count). The van der Waals surface area contributed by atoms with Crippen LogP contribution in [0.2, 0.25) is 0 Å². The van der Waals surface area contributed by atoms with Crippen molar-refractivity contribution in [1.29, 1.82) is 0 Å². The van der Waals surface area contributed by atoms with Crippen molar-refractivity contribution in [2.75, 3.05) is 20.3 Å². The quantitative estimate of drug-likeness (QED) is 0.355. The van der Waals surface area contributed by atoms with E-state index in [-0.39, 0.29) is 6.54 Å². The van der Waals surface area contributed by atoms with Gasteiger partial charge in [0.1, 0.15) is 0 Å². The summed E-state index contributed by atoms with van der Waals surface area (Å²) in [4.78, 5) is 15.4. The van der Waals surface area contributed by atoms with Crippen LogP contribution in [0.4, 0.5) is 0 Å². The van der Waals surface area contributed by atoms with Crippen molar-refractivity contribution in [2.24, 2.45) is 0 Å². The molecular formula is C7H13NO3. The van der Waals surface area contributed by atoms with E-state index in [4.69, 9.17) is 0 Å². The topological polar surface area (TPSA) is 47.6 Å². The van der Waals surface area contributed by atoms with E-state index in [1.165, 1.54) is 7.11 Å². The second-order valence-corrected chi connectivity index (χ2v) is 1.85. The Labute approximate surface area is 66.1 Å². The van der Waals surface area contributed by atoms with Gasteiger partial charge in [0.15, 0.2) is 0 Å². The number of carbonyl (C=O) groups excluding carboxylic acids is 1. The molecule has 0 aliphatic carbocycles. The van der Waals surface area contributed by atoms with Gasteiger partial charge >= 0.3 is 5.97 Å². The van der Waals surface area contributed by atoms with Gasteiger partial charge in [-0.05, 0) is 6.92 Å². The van der Waals surface area contributed by atoms with Gasteiger partial charge in [0.25, 0.3) is 0 Å². The third kappa shape index (κ3) is 4.52. The average Bonchev–Trinajstić information content (AvgIpc) is 2.00. The van der Waals surface area contributed by atoms with Gasteiger partial charge in [0.2, 0.25) is 0 Å². The first-order valence-corrected chi connectivity index (χ1v) is 3.33. The normalized spacial score (nSPS) is 9.27. The van der Waals surface area contributed by atoms with Crippen LogP contribution in [-0.2, 0) is 14.4 Å². The third-order valence-electron chi connectivity index (χ3n) is 0.994. The fourth-order valence-electron chi connectivity index (χ4n) is 0.465. The summed E-state index contributed by atoms with van der Waals surface area (Å²) in [6.07, 6.45) is 0. The van der Waals surface area contributed by atoms with Crippen LogP contribution in [0.1, 0.15) is 6.92 Å². The third-order valence-corrected chi connectivity index (χ3v) is 0.994. The van der Waals surface area contributed by atoms with Crippen LogP contribution < -0.4 is 5.48 Å². The minimum absolute atomic E-state index is 0.287. The highest BCUT2D eigenvalue weighted by Gasteiger charge is 2.05. The van der Waals surface area contributed by atoms with Crippen molar-refractivity contribution < 1.29 is 14.4 Å². The molecule has 4 nitrogen and oxygen atoms in total. The number of rotatable bonds is 5. The smallest absolute Gasteiger partial charge is 0.334 e. The summed E-state index contributed by atoms with van der Waals surface area (Å²) in [6, 6.07) is 0. The first kappa shape index (κ1) is 10.1. The Morgan fingerprint density at radius 1 is 1.64 bits per heavy atom. The second kappa shape index (κ2) is 5.88. The zero-order valence-electron chi connectivity index (χ0n) is 6.85. The molecule has 4 heteroatoms. The molecule has 0 heterocycles. The summed E-state index contributed by atoms with van der Waals surface area (Å²) in [7, 11) is 1.47. The molecular weight excluding hydrogens is 146 g/mol. The van der Waals surface area contributed by atoms with Crippen molar-refractivity contribution in [1.82, 2.24) is 5.48 Å². The Bertz CT molecular complexity index is 145. The molecule has 0 aliphatic rings. The molecule has 0 aliphatic heterocycles. The molecule has 0 unspecified atom stereocenters. The highest BCUT2D eigenvalue weighted by Crippen LogP contribution is 1.91. The lowest BCUT2D eigenvalue weighted by atomic mass is 10.3. The van der Waals surface area contributed by atoms with Crippen LogP contribution in [0.3, 0.4) is 0 Å². The summed E-state index contributed by atoms with van der Waals surface area (Å²) in [5.41, 5.74) is 2.84. The number of hydrogen-bond donors (Lipinski definition) is 1. The SMILES string of the molecule is C=C(CNOC)C(=O)OCC. The summed E-state index contributed by atoms with van der Waals surface area (Å²) >= 11 is 0. The molecule has 0 aromatic rings. The van der Waals surface area contributed by atoms with Gasteiger partial charge in [-0.25, -0.2) is 4.79 Å². The van der Waals surface area contributed by atoms with Gasteiger partial charge < -0.3 is 9.57 Å². The van der Waals surface area contributed by atoms with E-state index in [2.05, 4.69) is 21.6 Å². The Morgan fingerprint density at radius 2 is 2.27 bits per heavy atom. The Kier molecular flexibility index (Phi) is 5.42. The number of carbonyl (C=O) groups is 1. The number of esters is 1. The van der Waals surface area contributed by atoms with E-state index in [1.807, 2.05) is 0 Å². The number of hydrogen-bond acceptors (Lipinski definition) is 4. The van der Waals surface area contributed by atoms with E-state index in [9.17, 15) is 4.79 Å². The monoisotopic (exact) mass is 159 g/mol. The van der Waals surface area contributed by atoms with Crippen molar-refractivity contribution in [3.63, 3.8) is 0 Å². The van der Waals surface area contributed by atoms with Gasteiger partial charge in [-0.1, -0.05) is 6.58 Å². The van der Waals surface area contributed by atoms with Gasteiger partial charge in [-0.3, -0.25) is 0 Å². The Balaban J connectivity index is 3.56. The van der Waals surface area contributed by atoms with Gasteiger partial charge in [0.05, 0.1) is 20.3 Å². The molecule has 11 heavy (non-hydrogen) atoms. The highest BCUT2D eigenvalue weighted by molar-refractivity contribution is 5.88. The fourth-order valence-corrected chi connectivity index (χ4v) is 0.465.